The zero-order valence-corrected chi connectivity index (χ0v) is 19.7. The number of nitrogens with one attached hydrogen (secondary N) is 1. The van der Waals surface area contributed by atoms with Crippen molar-refractivity contribution in [2.75, 3.05) is 59.0 Å². The third kappa shape index (κ3) is 6.07. The second-order valence-corrected chi connectivity index (χ2v) is 9.13. The number of carbonyl (C=O) groups is 2. The minimum absolute atomic E-state index is 0.0622. The van der Waals surface area contributed by atoms with Crippen LogP contribution in [-0.2, 0) is 9.59 Å². The van der Waals surface area contributed by atoms with Crippen LogP contribution in [0.2, 0.25) is 0 Å². The molecule has 6 heteroatoms. The number of Topliss-reactive ketones (excluding diaryl/α,β-unsaturated/α-hetero) is 2. The van der Waals surface area contributed by atoms with Gasteiger partial charge < -0.3 is 10.4 Å². The van der Waals surface area contributed by atoms with E-state index in [1.54, 1.807) is 6.08 Å². The zero-order valence-electron chi connectivity index (χ0n) is 19.7. The van der Waals surface area contributed by atoms with Crippen molar-refractivity contribution in [3.05, 3.63) is 83.4 Å². The van der Waals surface area contributed by atoms with Crippen molar-refractivity contribution in [3.8, 4) is 0 Å². The predicted octanol–water partition coefficient (Wildman–Crippen LogP) is 2.22. The summed E-state index contributed by atoms with van der Waals surface area (Å²) in [5.41, 5.74) is 2.34. The lowest BCUT2D eigenvalue weighted by molar-refractivity contribution is -0.125. The molecule has 4 rings (SSSR count). The number of aliphatic hydroxyl groups is 1. The van der Waals surface area contributed by atoms with Crippen molar-refractivity contribution in [3.63, 3.8) is 0 Å². The number of nitrogens with zero attached hydrogens (tertiary/aromatic N) is 2. The minimum atomic E-state index is -0.345. The molecule has 0 bridgehead atoms. The van der Waals surface area contributed by atoms with Gasteiger partial charge in [-0.2, -0.15) is 0 Å². The Kier molecular flexibility index (Phi) is 8.77. The van der Waals surface area contributed by atoms with Crippen LogP contribution in [0, 0.1) is 0 Å². The van der Waals surface area contributed by atoms with Crippen molar-refractivity contribution in [2.24, 2.45) is 0 Å². The van der Waals surface area contributed by atoms with Gasteiger partial charge in [0, 0.05) is 64.7 Å². The number of allylic oxidation sites excluding steroid dienone is 1. The largest absolute Gasteiger partial charge is 0.395 e. The van der Waals surface area contributed by atoms with E-state index in [0.29, 0.717) is 18.5 Å². The van der Waals surface area contributed by atoms with E-state index in [4.69, 9.17) is 5.11 Å². The summed E-state index contributed by atoms with van der Waals surface area (Å²) in [6.07, 6.45) is 2.14. The van der Waals surface area contributed by atoms with Gasteiger partial charge in [0.1, 0.15) is 0 Å². The highest BCUT2D eigenvalue weighted by Gasteiger charge is 2.40. The van der Waals surface area contributed by atoms with Crippen LogP contribution in [0.4, 0.5) is 0 Å². The molecule has 0 radical (unpaired) electrons. The summed E-state index contributed by atoms with van der Waals surface area (Å²) in [5, 5.41) is 12.4. The fourth-order valence-electron chi connectivity index (χ4n) is 5.08. The molecule has 2 aromatic carbocycles. The molecule has 1 aliphatic heterocycles. The third-order valence-corrected chi connectivity index (χ3v) is 6.98. The summed E-state index contributed by atoms with van der Waals surface area (Å²) in [6, 6.07) is 19.8. The summed E-state index contributed by atoms with van der Waals surface area (Å²) in [6.45, 7) is 7.17. The zero-order chi connectivity index (χ0) is 23.8. The van der Waals surface area contributed by atoms with Crippen molar-refractivity contribution in [2.45, 2.75) is 18.3 Å². The standard InChI is InChI=1S/C28H35N3O3/c32-20-19-31-17-15-30(16-18-31)14-13-29-12-11-24-26(33)21-25(22-7-3-1-4-8-22)27(28(24)34)23-9-5-2-6-10-23/h1-11,25,27,29,32H,12-21H2/b24-11+. The van der Waals surface area contributed by atoms with Crippen LogP contribution < -0.4 is 5.32 Å². The maximum absolute atomic E-state index is 13.6. The maximum Gasteiger partial charge on any atom is 0.174 e. The molecule has 0 aromatic heterocycles. The first-order valence-corrected chi connectivity index (χ1v) is 12.3. The van der Waals surface area contributed by atoms with Gasteiger partial charge in [0.2, 0.25) is 0 Å². The molecule has 1 heterocycles. The number of rotatable bonds is 9. The average molecular weight is 462 g/mol. The molecular weight excluding hydrogens is 426 g/mol. The molecule has 6 nitrogen and oxygen atoms in total. The number of aliphatic hydroxyl groups excluding tert-OH is 1. The topological polar surface area (TPSA) is 72.9 Å². The van der Waals surface area contributed by atoms with E-state index in [0.717, 1.165) is 56.9 Å². The van der Waals surface area contributed by atoms with Crippen LogP contribution in [0.1, 0.15) is 29.4 Å². The average Bonchev–Trinajstić information content (AvgIpc) is 2.87. The third-order valence-electron chi connectivity index (χ3n) is 6.98. The molecule has 2 N–H and O–H groups in total. The Morgan fingerprint density at radius 1 is 0.853 bits per heavy atom. The van der Waals surface area contributed by atoms with E-state index >= 15 is 0 Å². The van der Waals surface area contributed by atoms with E-state index in [1.165, 1.54) is 0 Å². The maximum atomic E-state index is 13.6. The summed E-state index contributed by atoms with van der Waals surface area (Å²) >= 11 is 0. The Hall–Kier alpha value is -2.64. The molecule has 180 valence electrons. The van der Waals surface area contributed by atoms with Crippen LogP contribution in [0.25, 0.3) is 0 Å². The molecule has 2 unspecified atom stereocenters. The predicted molar refractivity (Wildman–Crippen MR) is 134 cm³/mol. The highest BCUT2D eigenvalue weighted by atomic mass is 16.3. The fraction of sp³-hybridized carbons (Fsp3) is 0.429. The molecule has 2 atom stereocenters. The lowest BCUT2D eigenvalue weighted by Crippen LogP contribution is -2.48. The summed E-state index contributed by atoms with van der Waals surface area (Å²) in [5.74, 6) is -0.619. The Bertz CT molecular complexity index is 969. The Morgan fingerprint density at radius 3 is 2.06 bits per heavy atom. The van der Waals surface area contributed by atoms with Crippen LogP contribution in [0.5, 0.6) is 0 Å². The minimum Gasteiger partial charge on any atom is -0.395 e. The van der Waals surface area contributed by atoms with Crippen molar-refractivity contribution >= 4 is 11.6 Å². The number of carbonyl (C=O) groups excluding carboxylic acids is 2. The second kappa shape index (κ2) is 12.2. The van der Waals surface area contributed by atoms with Gasteiger partial charge in [0.15, 0.2) is 11.6 Å². The lowest BCUT2D eigenvalue weighted by atomic mass is 9.69. The van der Waals surface area contributed by atoms with E-state index in [-0.39, 0.29) is 30.0 Å². The molecule has 1 saturated heterocycles. The Morgan fingerprint density at radius 2 is 1.44 bits per heavy atom. The van der Waals surface area contributed by atoms with Gasteiger partial charge in [0.25, 0.3) is 0 Å². The van der Waals surface area contributed by atoms with Gasteiger partial charge in [0.05, 0.1) is 18.1 Å². The molecule has 2 aromatic rings. The number of β-amino-alcohol motifs (C(OH)–C–C–N with tert-alkyl or cyclic N) is 1. The monoisotopic (exact) mass is 461 g/mol. The van der Waals surface area contributed by atoms with Gasteiger partial charge in [-0.15, -0.1) is 0 Å². The van der Waals surface area contributed by atoms with Crippen LogP contribution in [0.3, 0.4) is 0 Å². The number of ketones is 2. The van der Waals surface area contributed by atoms with Crippen molar-refractivity contribution < 1.29 is 14.7 Å². The molecular formula is C28H35N3O3. The molecule has 1 aliphatic carbocycles. The molecule has 0 amide bonds. The summed E-state index contributed by atoms with van der Waals surface area (Å²) < 4.78 is 0. The summed E-state index contributed by atoms with van der Waals surface area (Å²) in [7, 11) is 0. The van der Waals surface area contributed by atoms with E-state index in [1.807, 2.05) is 60.7 Å². The van der Waals surface area contributed by atoms with Gasteiger partial charge in [-0.1, -0.05) is 66.7 Å². The lowest BCUT2D eigenvalue weighted by Gasteiger charge is -2.34. The Labute approximate surface area is 202 Å². The quantitative estimate of drug-likeness (QED) is 0.339. The summed E-state index contributed by atoms with van der Waals surface area (Å²) in [4.78, 5) is 31.3. The second-order valence-electron chi connectivity index (χ2n) is 9.13. The molecule has 0 spiro atoms. The molecule has 1 saturated carbocycles. The van der Waals surface area contributed by atoms with Crippen LogP contribution >= 0.6 is 0 Å². The smallest absolute Gasteiger partial charge is 0.174 e. The Balaban J connectivity index is 1.37. The van der Waals surface area contributed by atoms with Crippen molar-refractivity contribution in [1.29, 1.82) is 0 Å². The van der Waals surface area contributed by atoms with Crippen molar-refractivity contribution in [1.82, 2.24) is 15.1 Å². The highest BCUT2D eigenvalue weighted by molar-refractivity contribution is 6.24. The van der Waals surface area contributed by atoms with Gasteiger partial charge in [-0.05, 0) is 11.1 Å². The SMILES string of the molecule is O=C1CC(c2ccccc2)C(c2ccccc2)C(=O)/C1=C/CNCCN1CCN(CCO)CC1. The first-order valence-electron chi connectivity index (χ1n) is 12.3. The first-order chi connectivity index (χ1) is 16.7. The van der Waals surface area contributed by atoms with Crippen LogP contribution in [0.15, 0.2) is 72.3 Å². The molecule has 34 heavy (non-hydrogen) atoms. The van der Waals surface area contributed by atoms with E-state index < -0.39 is 0 Å². The van der Waals surface area contributed by atoms with Gasteiger partial charge in [-0.25, -0.2) is 0 Å². The van der Waals surface area contributed by atoms with E-state index in [2.05, 4.69) is 15.1 Å². The van der Waals surface area contributed by atoms with Gasteiger partial charge in [-0.3, -0.25) is 19.4 Å². The normalized spacial score (nSPS) is 23.5. The molecule has 2 fully saturated rings. The number of piperazine rings is 1. The van der Waals surface area contributed by atoms with E-state index in [9.17, 15) is 9.59 Å². The number of benzene rings is 2. The van der Waals surface area contributed by atoms with Crippen LogP contribution in [-0.4, -0.2) is 85.4 Å². The number of hydrogen-bond acceptors (Lipinski definition) is 6. The molecule has 2 aliphatic rings. The fourth-order valence-corrected chi connectivity index (χ4v) is 5.08. The first kappa shape index (κ1) is 24.5. The van der Waals surface area contributed by atoms with Gasteiger partial charge >= 0.3 is 0 Å². The highest BCUT2D eigenvalue weighted by Crippen LogP contribution is 2.42. The number of hydrogen-bond donors (Lipinski definition) is 2.